The average Bonchev–Trinajstić information content (AvgIpc) is 2.47. The minimum absolute atomic E-state index is 0.101. The molecular formula is C23H30O2. The summed E-state index contributed by atoms with van der Waals surface area (Å²) in [6.45, 7) is 16.6. The molecule has 2 rings (SSSR count). The lowest BCUT2D eigenvalue weighted by molar-refractivity contribution is 0.103. The summed E-state index contributed by atoms with van der Waals surface area (Å²) in [6, 6.07) is 9.58. The Kier molecular flexibility index (Phi) is 4.87. The summed E-state index contributed by atoms with van der Waals surface area (Å²) in [6.07, 6.45) is 0. The highest BCUT2D eigenvalue weighted by molar-refractivity contribution is 6.11. The number of hydrogen-bond donors (Lipinski definition) is 1. The van der Waals surface area contributed by atoms with E-state index in [9.17, 15) is 9.90 Å². The summed E-state index contributed by atoms with van der Waals surface area (Å²) in [5.41, 5.74) is 4.75. The summed E-state index contributed by atoms with van der Waals surface area (Å²) in [7, 11) is 0. The van der Waals surface area contributed by atoms with Gasteiger partial charge in [-0.15, -0.1) is 0 Å². The first-order valence-electron chi connectivity index (χ1n) is 8.82. The van der Waals surface area contributed by atoms with Gasteiger partial charge in [-0.2, -0.15) is 0 Å². The maximum absolute atomic E-state index is 13.1. The molecule has 0 unspecified atom stereocenters. The normalized spacial score (nSPS) is 12.3. The summed E-state index contributed by atoms with van der Waals surface area (Å²) in [5.74, 6) is -0.0269. The Morgan fingerprint density at radius 3 is 1.92 bits per heavy atom. The molecule has 2 aromatic rings. The molecule has 0 saturated carbocycles. The van der Waals surface area contributed by atoms with Crippen LogP contribution in [0.2, 0.25) is 0 Å². The Morgan fingerprint density at radius 1 is 0.840 bits per heavy atom. The number of phenols is 1. The van der Waals surface area contributed by atoms with Gasteiger partial charge >= 0.3 is 0 Å². The first-order chi connectivity index (χ1) is 11.3. The van der Waals surface area contributed by atoms with Crippen molar-refractivity contribution in [3.63, 3.8) is 0 Å². The lowest BCUT2D eigenvalue weighted by Gasteiger charge is -2.27. The van der Waals surface area contributed by atoms with Crippen molar-refractivity contribution >= 4 is 5.78 Å². The molecule has 0 aliphatic rings. The zero-order chi connectivity index (χ0) is 19.2. The Balaban J connectivity index is 2.70. The van der Waals surface area contributed by atoms with Crippen LogP contribution in [0.15, 0.2) is 30.3 Å². The smallest absolute Gasteiger partial charge is 0.196 e. The molecular weight excluding hydrogens is 308 g/mol. The SMILES string of the molecule is Cc1ccc(C(=O)c2cc(C(C)(C)C)cc(C(C)(C)C)c2O)cc1C. The van der Waals surface area contributed by atoms with Crippen molar-refractivity contribution in [2.75, 3.05) is 0 Å². The van der Waals surface area contributed by atoms with Crippen molar-refractivity contribution in [1.82, 2.24) is 0 Å². The standard InChI is InChI=1S/C23H30O2/c1-14-9-10-16(11-15(14)2)20(24)18-12-17(22(3,4)5)13-19(21(18)25)23(6,7)8/h9-13,25H,1-8H3. The molecule has 25 heavy (non-hydrogen) atoms. The number of benzene rings is 2. The van der Waals surface area contributed by atoms with Crippen LogP contribution in [0, 0.1) is 13.8 Å². The predicted molar refractivity (Wildman–Crippen MR) is 105 cm³/mol. The zero-order valence-electron chi connectivity index (χ0n) is 16.7. The molecule has 2 heteroatoms. The van der Waals surface area contributed by atoms with Crippen molar-refractivity contribution in [2.24, 2.45) is 0 Å². The van der Waals surface area contributed by atoms with Gasteiger partial charge in [0.25, 0.3) is 0 Å². The third-order valence-corrected chi connectivity index (χ3v) is 4.80. The van der Waals surface area contributed by atoms with E-state index in [4.69, 9.17) is 0 Å². The number of ketones is 1. The van der Waals surface area contributed by atoms with E-state index in [2.05, 4.69) is 41.5 Å². The lowest BCUT2D eigenvalue weighted by atomic mass is 9.78. The van der Waals surface area contributed by atoms with Crippen molar-refractivity contribution in [3.8, 4) is 5.75 Å². The first-order valence-corrected chi connectivity index (χ1v) is 8.82. The van der Waals surface area contributed by atoms with Gasteiger partial charge in [0, 0.05) is 11.1 Å². The van der Waals surface area contributed by atoms with E-state index < -0.39 is 0 Å². The van der Waals surface area contributed by atoms with Crippen LogP contribution in [0.25, 0.3) is 0 Å². The molecule has 0 heterocycles. The van der Waals surface area contributed by atoms with Crippen LogP contribution < -0.4 is 0 Å². The molecule has 0 saturated heterocycles. The highest BCUT2D eigenvalue weighted by atomic mass is 16.3. The van der Waals surface area contributed by atoms with Crippen LogP contribution in [0.5, 0.6) is 5.75 Å². The molecule has 0 spiro atoms. The van der Waals surface area contributed by atoms with Crippen molar-refractivity contribution in [1.29, 1.82) is 0 Å². The van der Waals surface area contributed by atoms with E-state index in [1.54, 1.807) is 0 Å². The van der Waals surface area contributed by atoms with E-state index in [1.807, 2.05) is 44.2 Å². The molecule has 0 atom stereocenters. The summed E-state index contributed by atoms with van der Waals surface area (Å²) >= 11 is 0. The molecule has 0 aromatic heterocycles. The third kappa shape index (κ3) is 3.95. The minimum atomic E-state index is -0.246. The van der Waals surface area contributed by atoms with Gasteiger partial charge in [0.05, 0.1) is 5.56 Å². The zero-order valence-corrected chi connectivity index (χ0v) is 16.7. The van der Waals surface area contributed by atoms with Crippen molar-refractivity contribution in [3.05, 3.63) is 63.7 Å². The number of phenolic OH excluding ortho intramolecular Hbond substituents is 1. The summed E-state index contributed by atoms with van der Waals surface area (Å²) in [5, 5.41) is 10.8. The molecule has 134 valence electrons. The molecule has 0 bridgehead atoms. The van der Waals surface area contributed by atoms with E-state index in [0.717, 1.165) is 22.3 Å². The van der Waals surface area contributed by atoms with Crippen LogP contribution in [0.1, 0.15) is 79.7 Å². The molecule has 0 fully saturated rings. The van der Waals surface area contributed by atoms with Crippen LogP contribution in [-0.4, -0.2) is 10.9 Å². The van der Waals surface area contributed by atoms with Gasteiger partial charge in [-0.25, -0.2) is 0 Å². The quantitative estimate of drug-likeness (QED) is 0.699. The van der Waals surface area contributed by atoms with E-state index in [-0.39, 0.29) is 22.4 Å². The monoisotopic (exact) mass is 338 g/mol. The molecule has 0 radical (unpaired) electrons. The van der Waals surface area contributed by atoms with Gasteiger partial charge in [0.2, 0.25) is 0 Å². The predicted octanol–water partition coefficient (Wildman–Crippen LogP) is 5.84. The molecule has 0 aliphatic heterocycles. The molecule has 2 nitrogen and oxygen atoms in total. The second-order valence-electron chi connectivity index (χ2n) is 9.05. The van der Waals surface area contributed by atoms with Crippen molar-refractivity contribution < 1.29 is 9.90 Å². The topological polar surface area (TPSA) is 37.3 Å². The van der Waals surface area contributed by atoms with Gasteiger partial charge in [-0.1, -0.05) is 59.7 Å². The van der Waals surface area contributed by atoms with Crippen LogP contribution >= 0.6 is 0 Å². The molecule has 0 aliphatic carbocycles. The van der Waals surface area contributed by atoms with Gasteiger partial charge in [-0.05, 0) is 53.5 Å². The summed E-state index contributed by atoms with van der Waals surface area (Å²) in [4.78, 5) is 13.1. The van der Waals surface area contributed by atoms with E-state index in [1.165, 1.54) is 0 Å². The number of aromatic hydroxyl groups is 1. The Bertz CT molecular complexity index is 815. The fourth-order valence-corrected chi connectivity index (χ4v) is 2.85. The van der Waals surface area contributed by atoms with E-state index >= 15 is 0 Å². The molecule has 1 N–H and O–H groups in total. The Hall–Kier alpha value is -2.09. The summed E-state index contributed by atoms with van der Waals surface area (Å²) < 4.78 is 0. The first kappa shape index (κ1) is 19.2. The van der Waals surface area contributed by atoms with Gasteiger partial charge < -0.3 is 5.11 Å². The molecule has 2 aromatic carbocycles. The van der Waals surface area contributed by atoms with Crippen LogP contribution in [0.4, 0.5) is 0 Å². The van der Waals surface area contributed by atoms with Gasteiger partial charge in [0.1, 0.15) is 5.75 Å². The van der Waals surface area contributed by atoms with Gasteiger partial charge in [0.15, 0.2) is 5.78 Å². The minimum Gasteiger partial charge on any atom is -0.507 e. The number of aryl methyl sites for hydroxylation is 2. The maximum Gasteiger partial charge on any atom is 0.196 e. The molecule has 0 amide bonds. The second-order valence-corrected chi connectivity index (χ2v) is 9.05. The third-order valence-electron chi connectivity index (χ3n) is 4.80. The lowest BCUT2D eigenvalue weighted by Crippen LogP contribution is -2.19. The highest BCUT2D eigenvalue weighted by Gasteiger charge is 2.27. The van der Waals surface area contributed by atoms with Crippen molar-refractivity contribution in [2.45, 2.75) is 66.2 Å². The number of rotatable bonds is 2. The highest BCUT2D eigenvalue weighted by Crippen LogP contribution is 2.38. The average molecular weight is 338 g/mol. The van der Waals surface area contributed by atoms with E-state index in [0.29, 0.717) is 11.1 Å². The second kappa shape index (κ2) is 6.33. The fourth-order valence-electron chi connectivity index (χ4n) is 2.85. The number of carbonyl (C=O) groups excluding carboxylic acids is 1. The number of carbonyl (C=O) groups is 1. The van der Waals surface area contributed by atoms with Crippen LogP contribution in [0.3, 0.4) is 0 Å². The largest absolute Gasteiger partial charge is 0.507 e. The van der Waals surface area contributed by atoms with Crippen LogP contribution in [-0.2, 0) is 10.8 Å². The van der Waals surface area contributed by atoms with Gasteiger partial charge in [-0.3, -0.25) is 4.79 Å². The number of hydrogen-bond acceptors (Lipinski definition) is 2. The fraction of sp³-hybridized carbons (Fsp3) is 0.435. The Morgan fingerprint density at radius 2 is 1.44 bits per heavy atom. The Labute approximate surface area is 151 Å². The maximum atomic E-state index is 13.1.